The van der Waals surface area contributed by atoms with Gasteiger partial charge >= 0.3 is 0 Å². The molecule has 1 atom stereocenters. The fraction of sp³-hybridized carbons (Fsp3) is 0.349. The van der Waals surface area contributed by atoms with Crippen molar-refractivity contribution in [2.24, 2.45) is 0 Å². The standard InChI is InChI=1S/C43H49N3O9/c1-27-13-16-32-31(21-27)43(47)45-42(44-32)29-15-18-35(37(23-29)49-3)53-19-11-9-7-8-10-12-20-54-38-22-28(14-17-34(38)48-2)33-26-36(55-46-33)30-24-39(50-4)41(52-6)40(25-30)51-5/h13-18,21-26,42,44H,7-12,19-20H2,1-6H3,(H,45,47). The topological polar surface area (TPSA) is 132 Å². The average Bonchev–Trinajstić information content (AvgIpc) is 3.71. The van der Waals surface area contributed by atoms with E-state index in [4.69, 9.17) is 37.7 Å². The van der Waals surface area contributed by atoms with Gasteiger partial charge in [0.1, 0.15) is 11.9 Å². The molecule has 55 heavy (non-hydrogen) atoms. The highest BCUT2D eigenvalue weighted by Gasteiger charge is 2.25. The summed E-state index contributed by atoms with van der Waals surface area (Å²) in [5, 5.41) is 10.7. The first-order chi connectivity index (χ1) is 26.8. The quantitative estimate of drug-likeness (QED) is 0.0784. The largest absolute Gasteiger partial charge is 0.493 e. The fourth-order valence-corrected chi connectivity index (χ4v) is 6.52. The highest BCUT2D eigenvalue weighted by Crippen LogP contribution is 2.42. The van der Waals surface area contributed by atoms with Crippen LogP contribution in [-0.4, -0.2) is 59.8 Å². The van der Waals surface area contributed by atoms with Gasteiger partial charge in [-0.05, 0) is 79.9 Å². The summed E-state index contributed by atoms with van der Waals surface area (Å²) in [6, 6.07) is 22.8. The zero-order valence-electron chi connectivity index (χ0n) is 32.3. The zero-order chi connectivity index (χ0) is 38.7. The van der Waals surface area contributed by atoms with Gasteiger partial charge in [0.25, 0.3) is 5.91 Å². The lowest BCUT2D eigenvalue weighted by Gasteiger charge is -2.28. The minimum atomic E-state index is -0.362. The number of carbonyl (C=O) groups is 1. The van der Waals surface area contributed by atoms with Crippen LogP contribution in [0.25, 0.3) is 22.6 Å². The minimum absolute atomic E-state index is 0.103. The normalized spacial score (nSPS) is 13.3. The number of rotatable bonds is 19. The van der Waals surface area contributed by atoms with E-state index < -0.39 is 0 Å². The fourth-order valence-electron chi connectivity index (χ4n) is 6.52. The van der Waals surface area contributed by atoms with Gasteiger partial charge in [-0.25, -0.2) is 0 Å². The van der Waals surface area contributed by atoms with Crippen LogP contribution in [0.2, 0.25) is 0 Å². The number of nitrogens with zero attached hydrogens (tertiary/aromatic N) is 1. The van der Waals surface area contributed by atoms with Crippen molar-refractivity contribution in [1.29, 1.82) is 0 Å². The van der Waals surface area contributed by atoms with Crippen LogP contribution in [0.5, 0.6) is 40.2 Å². The Hall–Kier alpha value is -6.04. The molecule has 0 fully saturated rings. The molecule has 12 nitrogen and oxygen atoms in total. The summed E-state index contributed by atoms with van der Waals surface area (Å²) >= 11 is 0. The second-order valence-corrected chi connectivity index (χ2v) is 13.2. The summed E-state index contributed by atoms with van der Waals surface area (Å²) in [4.78, 5) is 12.7. The van der Waals surface area contributed by atoms with Crippen LogP contribution in [0, 0.1) is 6.92 Å². The lowest BCUT2D eigenvalue weighted by molar-refractivity contribution is 0.0935. The van der Waals surface area contributed by atoms with E-state index in [1.54, 1.807) is 35.5 Å². The molecule has 1 aliphatic rings. The smallest absolute Gasteiger partial charge is 0.255 e. The van der Waals surface area contributed by atoms with Crippen LogP contribution in [0.3, 0.4) is 0 Å². The predicted molar refractivity (Wildman–Crippen MR) is 210 cm³/mol. The van der Waals surface area contributed by atoms with E-state index in [1.807, 2.05) is 79.7 Å². The average molecular weight is 752 g/mol. The van der Waals surface area contributed by atoms with E-state index in [1.165, 1.54) is 0 Å². The van der Waals surface area contributed by atoms with Crippen LogP contribution in [0.4, 0.5) is 5.69 Å². The van der Waals surface area contributed by atoms with E-state index in [0.29, 0.717) is 70.5 Å². The van der Waals surface area contributed by atoms with Crippen LogP contribution in [0.15, 0.2) is 77.3 Å². The summed E-state index contributed by atoms with van der Waals surface area (Å²) in [6.45, 7) is 3.13. The number of aromatic nitrogens is 1. The van der Waals surface area contributed by atoms with Gasteiger partial charge in [-0.2, -0.15) is 0 Å². The lowest BCUT2D eigenvalue weighted by Crippen LogP contribution is -2.38. The van der Waals surface area contributed by atoms with E-state index in [2.05, 4.69) is 15.8 Å². The maximum absolute atomic E-state index is 12.7. The molecule has 0 aliphatic carbocycles. The van der Waals surface area contributed by atoms with Crippen molar-refractivity contribution in [1.82, 2.24) is 10.5 Å². The molecule has 4 aromatic carbocycles. The van der Waals surface area contributed by atoms with Crippen molar-refractivity contribution in [2.75, 3.05) is 54.1 Å². The number of amides is 1. The molecule has 1 aliphatic heterocycles. The molecule has 0 saturated carbocycles. The Kier molecular flexibility index (Phi) is 12.9. The molecule has 5 aromatic rings. The number of carbonyl (C=O) groups excluding carboxylic acids is 1. The van der Waals surface area contributed by atoms with Gasteiger partial charge in [0.15, 0.2) is 40.3 Å². The Morgan fingerprint density at radius 1 is 0.600 bits per heavy atom. The first-order valence-electron chi connectivity index (χ1n) is 18.4. The summed E-state index contributed by atoms with van der Waals surface area (Å²) in [5.74, 6) is 4.63. The first-order valence-corrected chi connectivity index (χ1v) is 18.4. The number of nitrogens with one attached hydrogen (secondary N) is 2. The number of methoxy groups -OCH3 is 5. The molecule has 0 radical (unpaired) electrons. The number of anilines is 1. The third-order valence-electron chi connectivity index (χ3n) is 9.49. The Balaban J connectivity index is 0.923. The maximum Gasteiger partial charge on any atom is 0.255 e. The molecular formula is C43H49N3O9. The maximum atomic E-state index is 12.7. The van der Waals surface area contributed by atoms with E-state index in [0.717, 1.165) is 66.5 Å². The molecule has 12 heteroatoms. The summed E-state index contributed by atoms with van der Waals surface area (Å²) in [5.41, 5.74) is 5.62. The summed E-state index contributed by atoms with van der Waals surface area (Å²) in [7, 11) is 7.96. The zero-order valence-corrected chi connectivity index (χ0v) is 32.3. The molecule has 0 spiro atoms. The number of fused-ring (bicyclic) bond motifs is 1. The Bertz CT molecular complexity index is 2050. The van der Waals surface area contributed by atoms with Gasteiger partial charge in [-0.1, -0.05) is 48.5 Å². The van der Waals surface area contributed by atoms with Gasteiger partial charge in [0, 0.05) is 22.9 Å². The van der Waals surface area contributed by atoms with E-state index >= 15 is 0 Å². The lowest BCUT2D eigenvalue weighted by atomic mass is 10.0. The number of aryl methyl sites for hydroxylation is 1. The van der Waals surface area contributed by atoms with Crippen molar-refractivity contribution in [3.05, 3.63) is 89.5 Å². The second kappa shape index (κ2) is 18.3. The third-order valence-corrected chi connectivity index (χ3v) is 9.49. The highest BCUT2D eigenvalue weighted by atomic mass is 16.5. The molecule has 1 aromatic heterocycles. The SMILES string of the molecule is COc1cc(C2NC(=O)c3cc(C)ccc3N2)ccc1OCCCCCCCCOc1cc(-c2cc(-c3cc(OC)c(OC)c(OC)c3)on2)ccc1OC. The molecular weight excluding hydrogens is 702 g/mol. The number of unbranched alkanes of at least 4 members (excludes halogenated alkanes) is 5. The van der Waals surface area contributed by atoms with Crippen molar-refractivity contribution in [3.63, 3.8) is 0 Å². The van der Waals surface area contributed by atoms with Crippen LogP contribution in [-0.2, 0) is 0 Å². The molecule has 6 rings (SSSR count). The molecule has 0 bridgehead atoms. The second-order valence-electron chi connectivity index (χ2n) is 13.2. The third kappa shape index (κ3) is 9.20. The number of hydrogen-bond donors (Lipinski definition) is 2. The monoisotopic (exact) mass is 751 g/mol. The highest BCUT2D eigenvalue weighted by molar-refractivity contribution is 6.02. The summed E-state index contributed by atoms with van der Waals surface area (Å²) in [6.07, 6.45) is 5.81. The predicted octanol–water partition coefficient (Wildman–Crippen LogP) is 9.01. The minimum Gasteiger partial charge on any atom is -0.493 e. The van der Waals surface area contributed by atoms with Gasteiger partial charge in [0.2, 0.25) is 5.75 Å². The molecule has 2 N–H and O–H groups in total. The molecule has 1 amide bonds. The number of ether oxygens (including phenoxy) is 7. The van der Waals surface area contributed by atoms with Gasteiger partial charge in [-0.3, -0.25) is 4.79 Å². The van der Waals surface area contributed by atoms with E-state index in [-0.39, 0.29) is 12.1 Å². The van der Waals surface area contributed by atoms with Gasteiger partial charge in [-0.15, -0.1) is 0 Å². The Morgan fingerprint density at radius 3 is 1.91 bits per heavy atom. The molecule has 2 heterocycles. The number of hydrogen-bond acceptors (Lipinski definition) is 11. The van der Waals surface area contributed by atoms with Gasteiger partial charge in [0.05, 0.1) is 54.3 Å². The Labute approximate surface area is 322 Å². The van der Waals surface area contributed by atoms with E-state index in [9.17, 15) is 4.79 Å². The van der Waals surface area contributed by atoms with Crippen LogP contribution < -0.4 is 43.8 Å². The number of benzene rings is 4. The molecule has 290 valence electrons. The summed E-state index contributed by atoms with van der Waals surface area (Å²) < 4.78 is 45.6. The molecule has 0 saturated heterocycles. The van der Waals surface area contributed by atoms with Crippen molar-refractivity contribution < 1.29 is 42.5 Å². The van der Waals surface area contributed by atoms with Crippen molar-refractivity contribution >= 4 is 11.6 Å². The van der Waals surface area contributed by atoms with Crippen LogP contribution >= 0.6 is 0 Å². The molecule has 1 unspecified atom stereocenters. The Morgan fingerprint density at radius 2 is 1.24 bits per heavy atom. The van der Waals surface area contributed by atoms with Crippen molar-refractivity contribution in [3.8, 4) is 62.8 Å². The van der Waals surface area contributed by atoms with Gasteiger partial charge < -0.3 is 48.3 Å². The first kappa shape index (κ1) is 38.7. The van der Waals surface area contributed by atoms with Crippen LogP contribution in [0.1, 0.15) is 66.2 Å². The van der Waals surface area contributed by atoms with Crippen molar-refractivity contribution in [2.45, 2.75) is 51.6 Å².